The van der Waals surface area contributed by atoms with Crippen molar-refractivity contribution in [2.75, 3.05) is 19.8 Å². The average molecular weight is 258 g/mol. The van der Waals surface area contributed by atoms with Crippen LogP contribution in [0.3, 0.4) is 0 Å². The van der Waals surface area contributed by atoms with Gasteiger partial charge < -0.3 is 9.47 Å². The Kier molecular flexibility index (Phi) is 14.9. The third-order valence-corrected chi connectivity index (χ3v) is 3.18. The van der Waals surface area contributed by atoms with Gasteiger partial charge in [-0.2, -0.15) is 0 Å². The molecular formula is C16H34O2. The van der Waals surface area contributed by atoms with Crippen molar-refractivity contribution in [3.8, 4) is 0 Å². The Morgan fingerprint density at radius 3 is 2.06 bits per heavy atom. The van der Waals surface area contributed by atoms with E-state index < -0.39 is 0 Å². The van der Waals surface area contributed by atoms with E-state index in [0.29, 0.717) is 6.10 Å². The second-order valence-corrected chi connectivity index (χ2v) is 5.06. The molecule has 1 unspecified atom stereocenters. The fourth-order valence-corrected chi connectivity index (χ4v) is 2.14. The lowest BCUT2D eigenvalue weighted by atomic mass is 10.1. The SMILES string of the molecule is CCCCCCCCCC(COCCC)OCC. The van der Waals surface area contributed by atoms with Crippen LogP contribution in [-0.2, 0) is 9.47 Å². The van der Waals surface area contributed by atoms with Crippen LogP contribution in [0, 0.1) is 0 Å². The van der Waals surface area contributed by atoms with Crippen molar-refractivity contribution in [2.24, 2.45) is 0 Å². The third kappa shape index (κ3) is 12.4. The molecule has 1 atom stereocenters. The van der Waals surface area contributed by atoms with E-state index in [1.807, 2.05) is 0 Å². The van der Waals surface area contributed by atoms with Gasteiger partial charge in [-0.25, -0.2) is 0 Å². The Morgan fingerprint density at radius 1 is 0.778 bits per heavy atom. The van der Waals surface area contributed by atoms with Gasteiger partial charge in [-0.05, 0) is 19.8 Å². The van der Waals surface area contributed by atoms with Crippen molar-refractivity contribution in [3.63, 3.8) is 0 Å². The highest BCUT2D eigenvalue weighted by atomic mass is 16.5. The van der Waals surface area contributed by atoms with Crippen LogP contribution in [0.25, 0.3) is 0 Å². The van der Waals surface area contributed by atoms with Crippen molar-refractivity contribution in [1.29, 1.82) is 0 Å². The molecule has 0 radical (unpaired) electrons. The Bertz CT molecular complexity index is 148. The monoisotopic (exact) mass is 258 g/mol. The standard InChI is InChI=1S/C16H34O2/c1-4-7-8-9-10-11-12-13-16(18-6-3)15-17-14-5-2/h16H,4-15H2,1-3H3. The fourth-order valence-electron chi connectivity index (χ4n) is 2.14. The lowest BCUT2D eigenvalue weighted by molar-refractivity contribution is -0.0164. The van der Waals surface area contributed by atoms with E-state index in [2.05, 4.69) is 20.8 Å². The molecule has 0 amide bonds. The first-order valence-electron chi connectivity index (χ1n) is 8.04. The molecule has 0 fully saturated rings. The third-order valence-electron chi connectivity index (χ3n) is 3.18. The molecule has 0 rings (SSSR count). The van der Waals surface area contributed by atoms with Gasteiger partial charge >= 0.3 is 0 Å². The number of hydrogen-bond acceptors (Lipinski definition) is 2. The van der Waals surface area contributed by atoms with Gasteiger partial charge in [-0.1, -0.05) is 58.8 Å². The first-order chi connectivity index (χ1) is 8.85. The van der Waals surface area contributed by atoms with Crippen LogP contribution in [0.4, 0.5) is 0 Å². The van der Waals surface area contributed by atoms with E-state index >= 15 is 0 Å². The number of hydrogen-bond donors (Lipinski definition) is 0. The first-order valence-corrected chi connectivity index (χ1v) is 8.04. The molecule has 0 aromatic heterocycles. The van der Waals surface area contributed by atoms with Crippen molar-refractivity contribution < 1.29 is 9.47 Å². The van der Waals surface area contributed by atoms with Crippen molar-refractivity contribution in [2.45, 2.75) is 84.7 Å². The number of rotatable bonds is 14. The second-order valence-electron chi connectivity index (χ2n) is 5.06. The highest BCUT2D eigenvalue weighted by molar-refractivity contribution is 4.58. The zero-order valence-corrected chi connectivity index (χ0v) is 12.9. The molecule has 2 heteroatoms. The van der Waals surface area contributed by atoms with Crippen LogP contribution in [0.5, 0.6) is 0 Å². The molecule has 0 aliphatic rings. The summed E-state index contributed by atoms with van der Waals surface area (Å²) in [4.78, 5) is 0. The summed E-state index contributed by atoms with van der Waals surface area (Å²) in [5, 5.41) is 0. The molecule has 18 heavy (non-hydrogen) atoms. The molecule has 0 spiro atoms. The lowest BCUT2D eigenvalue weighted by Gasteiger charge is -2.16. The predicted molar refractivity (Wildman–Crippen MR) is 79.1 cm³/mol. The Hall–Kier alpha value is -0.0800. The van der Waals surface area contributed by atoms with E-state index in [9.17, 15) is 0 Å². The van der Waals surface area contributed by atoms with E-state index in [4.69, 9.17) is 9.47 Å². The minimum atomic E-state index is 0.317. The molecule has 0 N–H and O–H groups in total. The van der Waals surface area contributed by atoms with Gasteiger partial charge in [0.25, 0.3) is 0 Å². The minimum Gasteiger partial charge on any atom is -0.379 e. The van der Waals surface area contributed by atoms with Crippen molar-refractivity contribution in [3.05, 3.63) is 0 Å². The van der Waals surface area contributed by atoms with Gasteiger partial charge in [0.2, 0.25) is 0 Å². The van der Waals surface area contributed by atoms with Crippen LogP contribution in [0.2, 0.25) is 0 Å². The molecule has 0 aromatic carbocycles. The van der Waals surface area contributed by atoms with Gasteiger partial charge in [-0.3, -0.25) is 0 Å². The maximum Gasteiger partial charge on any atom is 0.0808 e. The molecule has 0 saturated carbocycles. The summed E-state index contributed by atoms with van der Waals surface area (Å²) in [6, 6.07) is 0. The molecule has 0 aliphatic carbocycles. The van der Waals surface area contributed by atoms with Crippen molar-refractivity contribution in [1.82, 2.24) is 0 Å². The maximum atomic E-state index is 5.71. The Morgan fingerprint density at radius 2 is 1.44 bits per heavy atom. The van der Waals surface area contributed by atoms with Gasteiger partial charge in [0, 0.05) is 13.2 Å². The largest absolute Gasteiger partial charge is 0.379 e. The smallest absolute Gasteiger partial charge is 0.0808 e. The topological polar surface area (TPSA) is 18.5 Å². The Balaban J connectivity index is 3.39. The van der Waals surface area contributed by atoms with E-state index in [-0.39, 0.29) is 0 Å². The molecular weight excluding hydrogens is 224 g/mol. The van der Waals surface area contributed by atoms with Gasteiger partial charge in [0.15, 0.2) is 0 Å². The lowest BCUT2D eigenvalue weighted by Crippen LogP contribution is -2.20. The van der Waals surface area contributed by atoms with E-state index in [1.165, 1.54) is 44.9 Å². The minimum absolute atomic E-state index is 0.317. The van der Waals surface area contributed by atoms with E-state index in [0.717, 1.165) is 32.7 Å². The summed E-state index contributed by atoms with van der Waals surface area (Å²) in [7, 11) is 0. The molecule has 2 nitrogen and oxygen atoms in total. The van der Waals surface area contributed by atoms with Gasteiger partial charge in [0.1, 0.15) is 0 Å². The number of unbranched alkanes of at least 4 members (excludes halogenated alkanes) is 6. The second kappa shape index (κ2) is 15.0. The van der Waals surface area contributed by atoms with Crippen LogP contribution in [0.1, 0.15) is 78.6 Å². The highest BCUT2D eigenvalue weighted by Gasteiger charge is 2.07. The number of ether oxygens (including phenoxy) is 2. The molecule has 0 bridgehead atoms. The molecule has 110 valence electrons. The molecule has 0 saturated heterocycles. The summed E-state index contributed by atoms with van der Waals surface area (Å²) in [5.41, 5.74) is 0. The molecule has 0 aromatic rings. The predicted octanol–water partition coefficient (Wildman–Crippen LogP) is 4.96. The van der Waals surface area contributed by atoms with Gasteiger partial charge in [0.05, 0.1) is 12.7 Å². The summed E-state index contributed by atoms with van der Waals surface area (Å²) >= 11 is 0. The average Bonchev–Trinajstić information content (AvgIpc) is 2.38. The summed E-state index contributed by atoms with van der Waals surface area (Å²) in [6.45, 7) is 8.92. The normalized spacial score (nSPS) is 12.8. The fraction of sp³-hybridized carbons (Fsp3) is 1.00. The van der Waals surface area contributed by atoms with E-state index in [1.54, 1.807) is 0 Å². The maximum absolute atomic E-state index is 5.71. The zero-order chi connectivity index (χ0) is 13.5. The van der Waals surface area contributed by atoms with Gasteiger partial charge in [-0.15, -0.1) is 0 Å². The van der Waals surface area contributed by atoms with Crippen LogP contribution in [0.15, 0.2) is 0 Å². The van der Waals surface area contributed by atoms with Crippen molar-refractivity contribution >= 4 is 0 Å². The zero-order valence-electron chi connectivity index (χ0n) is 12.9. The summed E-state index contributed by atoms with van der Waals surface area (Å²) < 4.78 is 11.3. The van der Waals surface area contributed by atoms with Crippen LogP contribution >= 0.6 is 0 Å². The molecule has 0 heterocycles. The first kappa shape index (κ1) is 17.9. The Labute approximate surface area is 114 Å². The highest BCUT2D eigenvalue weighted by Crippen LogP contribution is 2.11. The quantitative estimate of drug-likeness (QED) is 0.410. The molecule has 0 aliphatic heterocycles. The summed E-state index contributed by atoms with van der Waals surface area (Å²) in [6.07, 6.45) is 12.1. The van der Waals surface area contributed by atoms with Crippen LogP contribution < -0.4 is 0 Å². The van der Waals surface area contributed by atoms with Crippen LogP contribution in [-0.4, -0.2) is 25.9 Å². The summed E-state index contributed by atoms with van der Waals surface area (Å²) in [5.74, 6) is 0.